The third kappa shape index (κ3) is 2.47. The molecule has 0 fully saturated rings. The van der Waals surface area contributed by atoms with Crippen LogP contribution >= 0.6 is 12.6 Å². The molecule has 130 valence electrons. The topological polar surface area (TPSA) is 22.0 Å². The standard InChI is InChI=1S/C24H17NOS/c26-23(15-27)17-11-13-22-21(14-17)20-12-10-16-6-4-5-9-19(16)24(20)25(22)18-7-2-1-3-8-18/h1-14,27H,15H2. The molecule has 0 unspecified atom stereocenters. The second-order valence-corrected chi connectivity index (χ2v) is 6.98. The molecular weight excluding hydrogens is 350 g/mol. The summed E-state index contributed by atoms with van der Waals surface area (Å²) in [5.41, 5.74) is 4.09. The number of Topliss-reactive ketones (excluding diaryl/α,β-unsaturated/α-hetero) is 1. The average Bonchev–Trinajstić information content (AvgIpc) is 3.08. The van der Waals surface area contributed by atoms with Crippen molar-refractivity contribution in [1.29, 1.82) is 0 Å². The number of carbonyl (C=O) groups is 1. The zero-order valence-electron chi connectivity index (χ0n) is 14.6. The molecule has 0 saturated heterocycles. The van der Waals surface area contributed by atoms with Crippen LogP contribution in [0.2, 0.25) is 0 Å². The van der Waals surface area contributed by atoms with Crippen LogP contribution < -0.4 is 0 Å². The van der Waals surface area contributed by atoms with Crippen LogP contribution in [-0.4, -0.2) is 16.1 Å². The Labute approximate surface area is 162 Å². The monoisotopic (exact) mass is 367 g/mol. The van der Waals surface area contributed by atoms with Crippen LogP contribution in [0.4, 0.5) is 0 Å². The van der Waals surface area contributed by atoms with E-state index in [1.54, 1.807) is 0 Å². The minimum Gasteiger partial charge on any atom is -0.309 e. The second kappa shape index (κ2) is 6.29. The summed E-state index contributed by atoms with van der Waals surface area (Å²) in [5.74, 6) is 0.257. The molecule has 3 heteroatoms. The largest absolute Gasteiger partial charge is 0.309 e. The first kappa shape index (κ1) is 16.2. The Morgan fingerprint density at radius 2 is 1.56 bits per heavy atom. The summed E-state index contributed by atoms with van der Waals surface area (Å²) in [4.78, 5) is 12.2. The zero-order chi connectivity index (χ0) is 18.4. The third-order valence-corrected chi connectivity index (χ3v) is 5.42. The Morgan fingerprint density at radius 1 is 0.778 bits per heavy atom. The van der Waals surface area contributed by atoms with Gasteiger partial charge in [-0.3, -0.25) is 4.79 Å². The SMILES string of the molecule is O=C(CS)c1ccc2c(c1)c1ccc3ccccc3c1n2-c1ccccc1. The quantitative estimate of drug-likeness (QED) is 0.304. The Kier molecular flexibility index (Phi) is 3.76. The van der Waals surface area contributed by atoms with Gasteiger partial charge in [-0.05, 0) is 35.7 Å². The molecule has 2 nitrogen and oxygen atoms in total. The van der Waals surface area contributed by atoms with Gasteiger partial charge in [-0.15, -0.1) is 0 Å². The first-order valence-corrected chi connectivity index (χ1v) is 9.56. The molecular formula is C24H17NOS. The van der Waals surface area contributed by atoms with Crippen molar-refractivity contribution < 1.29 is 4.79 Å². The van der Waals surface area contributed by atoms with Gasteiger partial charge in [0.25, 0.3) is 0 Å². The molecule has 27 heavy (non-hydrogen) atoms. The van der Waals surface area contributed by atoms with E-state index < -0.39 is 0 Å². The van der Waals surface area contributed by atoms with Crippen LogP contribution in [0.5, 0.6) is 0 Å². The van der Waals surface area contributed by atoms with E-state index in [9.17, 15) is 4.79 Å². The molecule has 0 bridgehead atoms. The number of benzene rings is 4. The van der Waals surface area contributed by atoms with Crippen LogP contribution in [0.15, 0.2) is 84.9 Å². The molecule has 0 atom stereocenters. The summed E-state index contributed by atoms with van der Waals surface area (Å²) in [6, 6.07) is 29.1. The highest BCUT2D eigenvalue weighted by molar-refractivity contribution is 7.81. The molecule has 0 amide bonds. The van der Waals surface area contributed by atoms with E-state index in [0.717, 1.165) is 22.0 Å². The smallest absolute Gasteiger partial charge is 0.172 e. The molecule has 0 aliphatic carbocycles. The lowest BCUT2D eigenvalue weighted by Gasteiger charge is -2.09. The summed E-state index contributed by atoms with van der Waals surface area (Å²) in [7, 11) is 0. The number of fused-ring (bicyclic) bond motifs is 5. The Balaban J connectivity index is 2.00. The van der Waals surface area contributed by atoms with Crippen molar-refractivity contribution in [3.63, 3.8) is 0 Å². The molecule has 5 aromatic rings. The van der Waals surface area contributed by atoms with Crippen molar-refractivity contribution in [2.24, 2.45) is 0 Å². The highest BCUT2D eigenvalue weighted by Crippen LogP contribution is 2.36. The van der Waals surface area contributed by atoms with Gasteiger partial charge < -0.3 is 4.57 Å². The van der Waals surface area contributed by atoms with Gasteiger partial charge in [0.15, 0.2) is 5.78 Å². The van der Waals surface area contributed by atoms with Gasteiger partial charge in [0.05, 0.1) is 16.8 Å². The summed E-state index contributed by atoms with van der Waals surface area (Å²) in [6.45, 7) is 0. The van der Waals surface area contributed by atoms with E-state index in [1.807, 2.05) is 24.3 Å². The number of aromatic nitrogens is 1. The molecule has 1 aromatic heterocycles. The predicted molar refractivity (Wildman–Crippen MR) is 116 cm³/mol. The van der Waals surface area contributed by atoms with Gasteiger partial charge in [0.2, 0.25) is 0 Å². The maximum Gasteiger partial charge on any atom is 0.172 e. The first-order chi connectivity index (χ1) is 13.3. The highest BCUT2D eigenvalue weighted by atomic mass is 32.1. The van der Waals surface area contributed by atoms with Crippen molar-refractivity contribution >= 4 is 51.0 Å². The van der Waals surface area contributed by atoms with E-state index in [2.05, 4.69) is 77.9 Å². The van der Waals surface area contributed by atoms with Crippen LogP contribution in [0, 0.1) is 0 Å². The van der Waals surface area contributed by atoms with Crippen molar-refractivity contribution in [1.82, 2.24) is 4.57 Å². The number of nitrogens with zero attached hydrogens (tertiary/aromatic N) is 1. The third-order valence-electron chi connectivity index (χ3n) is 5.13. The number of thiol groups is 1. The zero-order valence-corrected chi connectivity index (χ0v) is 15.5. The fourth-order valence-electron chi connectivity index (χ4n) is 3.89. The van der Waals surface area contributed by atoms with Crippen molar-refractivity contribution in [2.75, 3.05) is 5.75 Å². The molecule has 0 radical (unpaired) electrons. The summed E-state index contributed by atoms with van der Waals surface area (Å²) in [5, 5.41) is 4.65. The molecule has 5 rings (SSSR count). The van der Waals surface area contributed by atoms with Gasteiger partial charge in [-0.2, -0.15) is 12.6 Å². The van der Waals surface area contributed by atoms with Gasteiger partial charge in [0, 0.05) is 27.4 Å². The van der Waals surface area contributed by atoms with Crippen LogP contribution in [0.25, 0.3) is 38.3 Å². The molecule has 1 heterocycles. The lowest BCUT2D eigenvalue weighted by Crippen LogP contribution is -2.00. The average molecular weight is 367 g/mol. The number of para-hydroxylation sites is 1. The molecule has 4 aromatic carbocycles. The van der Waals surface area contributed by atoms with E-state index in [-0.39, 0.29) is 11.5 Å². The van der Waals surface area contributed by atoms with Crippen LogP contribution in [0.1, 0.15) is 10.4 Å². The highest BCUT2D eigenvalue weighted by Gasteiger charge is 2.16. The number of carbonyl (C=O) groups excluding carboxylic acids is 1. The van der Waals surface area contributed by atoms with E-state index in [4.69, 9.17) is 0 Å². The Hall–Kier alpha value is -3.04. The predicted octanol–water partition coefficient (Wildman–Crippen LogP) is 6.05. The fraction of sp³-hybridized carbons (Fsp3) is 0.0417. The fourth-order valence-corrected chi connectivity index (χ4v) is 4.07. The van der Waals surface area contributed by atoms with E-state index >= 15 is 0 Å². The van der Waals surface area contributed by atoms with Crippen molar-refractivity contribution in [3.05, 3.63) is 90.5 Å². The summed E-state index contributed by atoms with van der Waals surface area (Å²) < 4.78 is 2.29. The number of ketones is 1. The van der Waals surface area contributed by atoms with Gasteiger partial charge in [-0.1, -0.05) is 54.6 Å². The summed E-state index contributed by atoms with van der Waals surface area (Å²) >= 11 is 4.15. The molecule has 0 spiro atoms. The lowest BCUT2D eigenvalue weighted by atomic mass is 10.0. The van der Waals surface area contributed by atoms with E-state index in [1.165, 1.54) is 16.3 Å². The lowest BCUT2D eigenvalue weighted by molar-refractivity contribution is 0.102. The summed E-state index contributed by atoms with van der Waals surface area (Å²) in [6.07, 6.45) is 0. The first-order valence-electron chi connectivity index (χ1n) is 8.93. The Morgan fingerprint density at radius 3 is 2.37 bits per heavy atom. The van der Waals surface area contributed by atoms with Gasteiger partial charge in [-0.25, -0.2) is 0 Å². The molecule has 0 aliphatic rings. The normalized spacial score (nSPS) is 11.4. The number of rotatable bonds is 3. The van der Waals surface area contributed by atoms with E-state index in [0.29, 0.717) is 5.56 Å². The Bertz CT molecular complexity index is 1320. The molecule has 0 saturated carbocycles. The second-order valence-electron chi connectivity index (χ2n) is 6.67. The van der Waals surface area contributed by atoms with Crippen molar-refractivity contribution in [3.8, 4) is 5.69 Å². The van der Waals surface area contributed by atoms with Gasteiger partial charge >= 0.3 is 0 Å². The molecule has 0 aliphatic heterocycles. The number of hydrogen-bond donors (Lipinski definition) is 1. The van der Waals surface area contributed by atoms with Crippen LogP contribution in [0.3, 0.4) is 0 Å². The number of hydrogen-bond acceptors (Lipinski definition) is 2. The molecule has 0 N–H and O–H groups in total. The van der Waals surface area contributed by atoms with Gasteiger partial charge in [0.1, 0.15) is 0 Å². The van der Waals surface area contributed by atoms with Crippen LogP contribution in [-0.2, 0) is 0 Å². The minimum absolute atomic E-state index is 0.0432. The minimum atomic E-state index is 0.0432. The maximum atomic E-state index is 12.2. The van der Waals surface area contributed by atoms with Crippen molar-refractivity contribution in [2.45, 2.75) is 0 Å². The maximum absolute atomic E-state index is 12.2.